The van der Waals surface area contributed by atoms with E-state index in [4.69, 9.17) is 0 Å². The predicted molar refractivity (Wildman–Crippen MR) is 73.2 cm³/mol. The molecule has 0 radical (unpaired) electrons. The summed E-state index contributed by atoms with van der Waals surface area (Å²) in [6.45, 7) is 2.07. The average molecular weight is 285 g/mol. The van der Waals surface area contributed by atoms with E-state index in [0.717, 1.165) is 18.9 Å². The van der Waals surface area contributed by atoms with Crippen LogP contribution in [-0.4, -0.2) is 26.8 Å². The summed E-state index contributed by atoms with van der Waals surface area (Å²) in [5.74, 6) is -0.121. The second-order valence-corrected chi connectivity index (χ2v) is 7.52. The van der Waals surface area contributed by atoms with Crippen molar-refractivity contribution in [3.63, 3.8) is 0 Å². The van der Waals surface area contributed by atoms with E-state index >= 15 is 0 Å². The average Bonchev–Trinajstić information content (AvgIpc) is 2.38. The monoisotopic (exact) mass is 285 g/mol. The van der Waals surface area contributed by atoms with Crippen molar-refractivity contribution in [2.24, 2.45) is 5.92 Å². The molecule has 0 aromatic heterocycles. The zero-order chi connectivity index (χ0) is 14.0. The van der Waals surface area contributed by atoms with Crippen LogP contribution in [0.3, 0.4) is 0 Å². The van der Waals surface area contributed by atoms with Gasteiger partial charge in [0.25, 0.3) is 0 Å². The minimum atomic E-state index is -3.48. The van der Waals surface area contributed by atoms with Crippen molar-refractivity contribution >= 4 is 9.84 Å². The van der Waals surface area contributed by atoms with Crippen LogP contribution in [0.15, 0.2) is 29.2 Å². The Morgan fingerprint density at radius 1 is 1.32 bits per heavy atom. The summed E-state index contributed by atoms with van der Waals surface area (Å²) in [6.07, 6.45) is 2.50. The first-order chi connectivity index (χ1) is 8.95. The van der Waals surface area contributed by atoms with Crippen molar-refractivity contribution in [2.75, 3.05) is 7.05 Å². The first-order valence-electron chi connectivity index (χ1n) is 6.62. The number of sulfone groups is 1. The van der Waals surface area contributed by atoms with Crippen LogP contribution in [0.4, 0.5) is 4.39 Å². The van der Waals surface area contributed by atoms with Crippen LogP contribution in [0.25, 0.3) is 0 Å². The maximum absolute atomic E-state index is 13.2. The summed E-state index contributed by atoms with van der Waals surface area (Å²) in [4.78, 5) is 0.0897. The van der Waals surface area contributed by atoms with Gasteiger partial charge < -0.3 is 5.32 Å². The van der Waals surface area contributed by atoms with Gasteiger partial charge in [0.15, 0.2) is 9.84 Å². The molecule has 2 rings (SSSR count). The largest absolute Gasteiger partial charge is 0.316 e. The molecule has 1 fully saturated rings. The molecule has 3 unspecified atom stereocenters. The lowest BCUT2D eigenvalue weighted by molar-refractivity contribution is 0.319. The highest BCUT2D eigenvalue weighted by atomic mass is 32.2. The highest BCUT2D eigenvalue weighted by Crippen LogP contribution is 2.32. The van der Waals surface area contributed by atoms with Crippen LogP contribution in [-0.2, 0) is 9.84 Å². The van der Waals surface area contributed by atoms with Crippen molar-refractivity contribution in [3.8, 4) is 0 Å². The molecule has 0 aliphatic heterocycles. The van der Waals surface area contributed by atoms with Gasteiger partial charge in [-0.25, -0.2) is 12.8 Å². The minimum absolute atomic E-state index is 0.0514. The zero-order valence-corrected chi connectivity index (χ0v) is 12.1. The molecule has 0 spiro atoms. The molecule has 0 amide bonds. The van der Waals surface area contributed by atoms with Gasteiger partial charge in [-0.3, -0.25) is 0 Å². The van der Waals surface area contributed by atoms with E-state index in [1.807, 2.05) is 0 Å². The molecule has 19 heavy (non-hydrogen) atoms. The lowest BCUT2D eigenvalue weighted by Crippen LogP contribution is -2.46. The molecule has 0 bridgehead atoms. The highest BCUT2D eigenvalue weighted by Gasteiger charge is 2.38. The topological polar surface area (TPSA) is 46.2 Å². The van der Waals surface area contributed by atoms with Gasteiger partial charge in [-0.2, -0.15) is 0 Å². The molecule has 3 atom stereocenters. The molecule has 3 nitrogen and oxygen atoms in total. The third-order valence-electron chi connectivity index (χ3n) is 3.95. The number of hydrogen-bond donors (Lipinski definition) is 1. The molecular formula is C14H20FNO2S. The molecule has 0 saturated heterocycles. The van der Waals surface area contributed by atoms with E-state index in [1.54, 1.807) is 7.05 Å². The Hall–Kier alpha value is -0.940. The third kappa shape index (κ3) is 2.98. The van der Waals surface area contributed by atoms with Gasteiger partial charge in [0, 0.05) is 6.04 Å². The predicted octanol–water partition coefficient (Wildman–Crippen LogP) is 2.38. The fraction of sp³-hybridized carbons (Fsp3) is 0.571. The number of nitrogens with one attached hydrogen (secondary N) is 1. The number of halogens is 1. The molecule has 1 saturated carbocycles. The van der Waals surface area contributed by atoms with Gasteiger partial charge in [0.1, 0.15) is 5.82 Å². The van der Waals surface area contributed by atoms with E-state index in [2.05, 4.69) is 12.2 Å². The standard InChI is InChI=1S/C14H20FNO2S/c1-10-6-7-13(16-2)14(8-10)19(17,18)12-5-3-4-11(15)9-12/h3-5,9-10,13-14,16H,6-8H2,1-2H3. The molecule has 0 heterocycles. The summed E-state index contributed by atoms with van der Waals surface area (Å²) in [5.41, 5.74) is 0. The SMILES string of the molecule is CNC1CCC(C)CC1S(=O)(=O)c1cccc(F)c1. The smallest absolute Gasteiger partial charge is 0.182 e. The Labute approximate surface area is 114 Å². The van der Waals surface area contributed by atoms with Crippen molar-refractivity contribution in [1.82, 2.24) is 5.32 Å². The zero-order valence-electron chi connectivity index (χ0n) is 11.3. The normalized spacial score (nSPS) is 28.3. The van der Waals surface area contributed by atoms with Crippen molar-refractivity contribution < 1.29 is 12.8 Å². The van der Waals surface area contributed by atoms with Gasteiger partial charge in [-0.05, 0) is 50.4 Å². The molecule has 1 aliphatic carbocycles. The summed E-state index contributed by atoms with van der Waals surface area (Å²) < 4.78 is 38.5. The lowest BCUT2D eigenvalue weighted by atomic mass is 9.87. The van der Waals surface area contributed by atoms with E-state index < -0.39 is 20.9 Å². The quantitative estimate of drug-likeness (QED) is 0.927. The van der Waals surface area contributed by atoms with Gasteiger partial charge in [-0.15, -0.1) is 0 Å². The van der Waals surface area contributed by atoms with E-state index in [1.165, 1.54) is 18.2 Å². The molecule has 1 aromatic rings. The summed E-state index contributed by atoms with van der Waals surface area (Å²) in [5, 5.41) is 2.62. The minimum Gasteiger partial charge on any atom is -0.316 e. The fourth-order valence-corrected chi connectivity index (χ4v) is 5.00. The first kappa shape index (κ1) is 14.5. The van der Waals surface area contributed by atoms with Gasteiger partial charge in [0.2, 0.25) is 0 Å². The van der Waals surface area contributed by atoms with Crippen molar-refractivity contribution in [1.29, 1.82) is 0 Å². The second-order valence-electron chi connectivity index (χ2n) is 5.35. The number of benzene rings is 1. The molecule has 1 N–H and O–H groups in total. The molecule has 106 valence electrons. The Morgan fingerprint density at radius 3 is 2.68 bits per heavy atom. The van der Waals surface area contributed by atoms with Gasteiger partial charge in [0.05, 0.1) is 10.1 Å². The van der Waals surface area contributed by atoms with E-state index in [-0.39, 0.29) is 10.9 Å². The summed E-state index contributed by atoms with van der Waals surface area (Å²) in [6, 6.07) is 5.25. The van der Waals surface area contributed by atoms with Crippen LogP contribution < -0.4 is 5.32 Å². The van der Waals surface area contributed by atoms with Crippen LogP contribution in [0.5, 0.6) is 0 Å². The Balaban J connectivity index is 2.36. The fourth-order valence-electron chi connectivity index (χ4n) is 2.82. The molecular weight excluding hydrogens is 265 g/mol. The summed E-state index contributed by atoms with van der Waals surface area (Å²) in [7, 11) is -1.69. The van der Waals surface area contributed by atoms with Crippen LogP contribution in [0, 0.1) is 11.7 Å². The maximum atomic E-state index is 13.2. The Kier molecular flexibility index (Phi) is 4.26. The van der Waals surface area contributed by atoms with Crippen LogP contribution >= 0.6 is 0 Å². The Morgan fingerprint density at radius 2 is 2.05 bits per heavy atom. The molecule has 1 aliphatic rings. The number of rotatable bonds is 3. The Bertz CT molecular complexity index is 544. The summed E-state index contributed by atoms with van der Waals surface area (Å²) >= 11 is 0. The van der Waals surface area contributed by atoms with E-state index in [9.17, 15) is 12.8 Å². The first-order valence-corrected chi connectivity index (χ1v) is 8.16. The second kappa shape index (κ2) is 5.59. The van der Waals surface area contributed by atoms with Gasteiger partial charge in [-0.1, -0.05) is 13.0 Å². The van der Waals surface area contributed by atoms with Gasteiger partial charge >= 0.3 is 0 Å². The van der Waals surface area contributed by atoms with Crippen molar-refractivity contribution in [2.45, 2.75) is 42.4 Å². The van der Waals surface area contributed by atoms with E-state index in [0.29, 0.717) is 12.3 Å². The van der Waals surface area contributed by atoms with Crippen molar-refractivity contribution in [3.05, 3.63) is 30.1 Å². The van der Waals surface area contributed by atoms with Crippen LogP contribution in [0.1, 0.15) is 26.2 Å². The maximum Gasteiger partial charge on any atom is 0.182 e. The number of hydrogen-bond acceptors (Lipinski definition) is 3. The molecule has 1 aromatic carbocycles. The lowest BCUT2D eigenvalue weighted by Gasteiger charge is -2.34. The highest BCUT2D eigenvalue weighted by molar-refractivity contribution is 7.92. The molecule has 5 heteroatoms. The van der Waals surface area contributed by atoms with Crippen LogP contribution in [0.2, 0.25) is 0 Å². The third-order valence-corrected chi connectivity index (χ3v) is 6.18.